The summed E-state index contributed by atoms with van der Waals surface area (Å²) in [5.74, 6) is 1.31. The Kier molecular flexibility index (Phi) is 2.07. The monoisotopic (exact) mass is 231 g/mol. The van der Waals surface area contributed by atoms with E-state index in [1.165, 1.54) is 11.2 Å². The van der Waals surface area contributed by atoms with Crippen LogP contribution in [0.3, 0.4) is 0 Å². The van der Waals surface area contributed by atoms with Crippen LogP contribution in [-0.4, -0.2) is 19.9 Å². The molecule has 0 aliphatic rings. The number of nitrogens with one attached hydrogen (secondary N) is 1. The minimum atomic E-state index is 0.440. The van der Waals surface area contributed by atoms with E-state index in [1.807, 2.05) is 11.4 Å². The van der Waals surface area contributed by atoms with E-state index in [2.05, 4.69) is 26.0 Å². The van der Waals surface area contributed by atoms with Crippen molar-refractivity contribution in [1.29, 1.82) is 0 Å². The summed E-state index contributed by atoms with van der Waals surface area (Å²) in [5, 5.41) is 2.05. The Morgan fingerprint density at radius 1 is 1.38 bits per heavy atom. The second kappa shape index (κ2) is 3.57. The molecule has 3 aromatic heterocycles. The van der Waals surface area contributed by atoms with Crippen molar-refractivity contribution < 1.29 is 0 Å². The molecule has 80 valence electrons. The van der Waals surface area contributed by atoms with E-state index >= 15 is 0 Å². The van der Waals surface area contributed by atoms with Crippen LogP contribution < -0.4 is 5.73 Å². The third-order valence-electron chi connectivity index (χ3n) is 2.29. The number of aromatic amines is 1. The van der Waals surface area contributed by atoms with Gasteiger partial charge in [-0.3, -0.25) is 0 Å². The molecular formula is C10H9N5S. The molecule has 3 heterocycles. The number of nitrogen functional groups attached to an aromatic ring is 1. The Hall–Kier alpha value is -1.95. The van der Waals surface area contributed by atoms with Gasteiger partial charge in [-0.15, -0.1) is 11.3 Å². The van der Waals surface area contributed by atoms with Crippen LogP contribution in [0.15, 0.2) is 23.8 Å². The molecule has 0 unspecified atom stereocenters. The number of fused-ring (bicyclic) bond motifs is 1. The highest BCUT2D eigenvalue weighted by Gasteiger charge is 2.07. The highest BCUT2D eigenvalue weighted by Crippen LogP contribution is 2.17. The molecule has 6 heteroatoms. The maximum atomic E-state index is 5.72. The highest BCUT2D eigenvalue weighted by atomic mass is 32.1. The summed E-state index contributed by atoms with van der Waals surface area (Å²) in [6.07, 6.45) is 2.20. The van der Waals surface area contributed by atoms with Gasteiger partial charge in [0, 0.05) is 11.3 Å². The van der Waals surface area contributed by atoms with Gasteiger partial charge < -0.3 is 10.7 Å². The summed E-state index contributed by atoms with van der Waals surface area (Å²) < 4.78 is 0. The summed E-state index contributed by atoms with van der Waals surface area (Å²) in [6, 6.07) is 4.10. The highest BCUT2D eigenvalue weighted by molar-refractivity contribution is 7.09. The quantitative estimate of drug-likeness (QED) is 0.701. The van der Waals surface area contributed by atoms with Gasteiger partial charge in [0.2, 0.25) is 0 Å². The smallest absolute Gasteiger partial charge is 0.183 e. The van der Waals surface area contributed by atoms with E-state index in [0.29, 0.717) is 17.0 Å². The first-order valence-corrected chi connectivity index (χ1v) is 5.68. The van der Waals surface area contributed by atoms with Crippen LogP contribution in [0.5, 0.6) is 0 Å². The molecule has 0 spiro atoms. The number of hydrogen-bond acceptors (Lipinski definition) is 5. The Morgan fingerprint density at radius 2 is 2.31 bits per heavy atom. The normalized spacial score (nSPS) is 11.0. The summed E-state index contributed by atoms with van der Waals surface area (Å²) in [6.45, 7) is 0. The standard InChI is InChI=1S/C10H9N5S/c11-9-8-10(13-5-12-9)15-7(14-8)4-6-2-1-3-16-6/h1-3,5H,4H2,(H3,11,12,13,14,15). The number of imidazole rings is 1. The summed E-state index contributed by atoms with van der Waals surface area (Å²) in [5.41, 5.74) is 7.06. The van der Waals surface area contributed by atoms with E-state index in [-0.39, 0.29) is 0 Å². The van der Waals surface area contributed by atoms with Crippen molar-refractivity contribution in [2.75, 3.05) is 5.73 Å². The molecular weight excluding hydrogens is 222 g/mol. The van der Waals surface area contributed by atoms with E-state index in [0.717, 1.165) is 12.2 Å². The van der Waals surface area contributed by atoms with Gasteiger partial charge in [-0.2, -0.15) is 0 Å². The molecule has 5 nitrogen and oxygen atoms in total. The molecule has 0 saturated heterocycles. The maximum absolute atomic E-state index is 5.72. The van der Waals surface area contributed by atoms with Gasteiger partial charge in [0.15, 0.2) is 11.5 Å². The molecule has 3 rings (SSSR count). The molecule has 0 aliphatic heterocycles. The molecule has 3 N–H and O–H groups in total. The number of aromatic nitrogens is 4. The topological polar surface area (TPSA) is 80.5 Å². The fourth-order valence-corrected chi connectivity index (χ4v) is 2.27. The predicted molar refractivity (Wildman–Crippen MR) is 63.2 cm³/mol. The molecule has 3 aromatic rings. The molecule has 16 heavy (non-hydrogen) atoms. The second-order valence-electron chi connectivity index (χ2n) is 3.40. The van der Waals surface area contributed by atoms with Gasteiger partial charge >= 0.3 is 0 Å². The largest absolute Gasteiger partial charge is 0.382 e. The zero-order chi connectivity index (χ0) is 11.0. The Balaban J connectivity index is 2.02. The Labute approximate surface area is 95.4 Å². The van der Waals surface area contributed by atoms with Crippen molar-refractivity contribution in [3.63, 3.8) is 0 Å². The van der Waals surface area contributed by atoms with Crippen LogP contribution in [-0.2, 0) is 6.42 Å². The number of rotatable bonds is 2. The van der Waals surface area contributed by atoms with Gasteiger partial charge in [0.05, 0.1) is 0 Å². The SMILES string of the molecule is Nc1ncnc2nc(Cc3cccs3)[nH]c12. The van der Waals surface area contributed by atoms with E-state index in [1.54, 1.807) is 11.3 Å². The van der Waals surface area contributed by atoms with Crippen molar-refractivity contribution >= 4 is 28.3 Å². The van der Waals surface area contributed by atoms with Gasteiger partial charge in [-0.05, 0) is 11.4 Å². The van der Waals surface area contributed by atoms with Crippen molar-refractivity contribution in [2.45, 2.75) is 6.42 Å². The third-order valence-corrected chi connectivity index (χ3v) is 3.16. The van der Waals surface area contributed by atoms with Crippen molar-refractivity contribution in [3.8, 4) is 0 Å². The lowest BCUT2D eigenvalue weighted by Crippen LogP contribution is -1.92. The van der Waals surface area contributed by atoms with Crippen LogP contribution in [0.25, 0.3) is 11.2 Å². The minimum absolute atomic E-state index is 0.440. The lowest BCUT2D eigenvalue weighted by Gasteiger charge is -1.91. The van der Waals surface area contributed by atoms with Crippen molar-refractivity contribution in [3.05, 3.63) is 34.5 Å². The first-order chi connectivity index (χ1) is 7.83. The number of H-pyrrole nitrogens is 1. The summed E-state index contributed by atoms with van der Waals surface area (Å²) in [4.78, 5) is 16.7. The average molecular weight is 231 g/mol. The lowest BCUT2D eigenvalue weighted by atomic mass is 10.3. The summed E-state index contributed by atoms with van der Waals surface area (Å²) >= 11 is 1.70. The molecule has 0 saturated carbocycles. The molecule has 0 amide bonds. The number of anilines is 1. The zero-order valence-corrected chi connectivity index (χ0v) is 9.16. The first-order valence-electron chi connectivity index (χ1n) is 4.80. The number of nitrogens with two attached hydrogens (primary N) is 1. The fraction of sp³-hybridized carbons (Fsp3) is 0.100. The molecule has 0 bridgehead atoms. The van der Waals surface area contributed by atoms with Crippen molar-refractivity contribution in [1.82, 2.24) is 19.9 Å². The van der Waals surface area contributed by atoms with E-state index in [4.69, 9.17) is 5.73 Å². The Morgan fingerprint density at radius 3 is 3.06 bits per heavy atom. The van der Waals surface area contributed by atoms with E-state index < -0.39 is 0 Å². The van der Waals surface area contributed by atoms with Crippen LogP contribution >= 0.6 is 11.3 Å². The molecule has 0 aliphatic carbocycles. The van der Waals surface area contributed by atoms with Crippen LogP contribution in [0.2, 0.25) is 0 Å². The van der Waals surface area contributed by atoms with E-state index in [9.17, 15) is 0 Å². The average Bonchev–Trinajstić information content (AvgIpc) is 2.88. The minimum Gasteiger partial charge on any atom is -0.382 e. The number of hydrogen-bond donors (Lipinski definition) is 2. The first kappa shape index (κ1) is 9.29. The van der Waals surface area contributed by atoms with Crippen LogP contribution in [0, 0.1) is 0 Å². The van der Waals surface area contributed by atoms with Crippen LogP contribution in [0.4, 0.5) is 5.82 Å². The molecule has 0 radical (unpaired) electrons. The molecule has 0 atom stereocenters. The maximum Gasteiger partial charge on any atom is 0.183 e. The number of thiophene rings is 1. The summed E-state index contributed by atoms with van der Waals surface area (Å²) in [7, 11) is 0. The third kappa shape index (κ3) is 1.53. The zero-order valence-electron chi connectivity index (χ0n) is 8.34. The van der Waals surface area contributed by atoms with Crippen LogP contribution in [0.1, 0.15) is 10.7 Å². The van der Waals surface area contributed by atoms with Gasteiger partial charge in [-0.25, -0.2) is 15.0 Å². The van der Waals surface area contributed by atoms with Gasteiger partial charge in [0.1, 0.15) is 17.7 Å². The fourth-order valence-electron chi connectivity index (χ4n) is 1.56. The molecule has 0 fully saturated rings. The molecule has 0 aromatic carbocycles. The lowest BCUT2D eigenvalue weighted by molar-refractivity contribution is 1.05. The Bertz CT molecular complexity index is 613. The predicted octanol–water partition coefficient (Wildman–Crippen LogP) is 1.59. The second-order valence-corrected chi connectivity index (χ2v) is 4.43. The van der Waals surface area contributed by atoms with Gasteiger partial charge in [0.25, 0.3) is 0 Å². The van der Waals surface area contributed by atoms with Gasteiger partial charge in [-0.1, -0.05) is 6.07 Å². The van der Waals surface area contributed by atoms with Crippen molar-refractivity contribution in [2.24, 2.45) is 0 Å². The number of nitrogens with zero attached hydrogens (tertiary/aromatic N) is 3.